The van der Waals surface area contributed by atoms with Crippen LogP contribution in [0.4, 0.5) is 15.8 Å². The molecule has 4 N–H and O–H groups in total. The first kappa shape index (κ1) is 31.0. The zero-order valence-electron chi connectivity index (χ0n) is 27.1. The standard InChI is InChI=1S/C36H41FN6O4/c1-36(2,3)18-27(44)40-23-10-14-42(19-23)32-29(37)30(38)28-31-34(32)47-26-17-22-9-5-4-8-21(22)16-25(26)43(31)20-24(33(28)45)35(46)39-11-15-41-12-6-7-13-41/h4-5,8-9,16-17,20,23H,6-7,10-15,18-19,38H2,1-3H3,(H,39,46)(H,40,44). The zero-order chi connectivity index (χ0) is 33.0. The summed E-state index contributed by atoms with van der Waals surface area (Å²) in [5, 5.41) is 7.74. The van der Waals surface area contributed by atoms with Crippen molar-refractivity contribution in [3.63, 3.8) is 0 Å². The smallest absolute Gasteiger partial charge is 0.256 e. The molecule has 0 aliphatic carbocycles. The molecule has 47 heavy (non-hydrogen) atoms. The number of nitrogens with one attached hydrogen (secondary N) is 2. The first-order valence-corrected chi connectivity index (χ1v) is 16.4. The van der Waals surface area contributed by atoms with Gasteiger partial charge in [0.25, 0.3) is 5.91 Å². The van der Waals surface area contributed by atoms with Gasteiger partial charge in [0, 0.05) is 44.8 Å². The summed E-state index contributed by atoms with van der Waals surface area (Å²) in [6, 6.07) is 11.4. The summed E-state index contributed by atoms with van der Waals surface area (Å²) in [5.41, 5.74) is 6.26. The molecule has 0 radical (unpaired) electrons. The number of pyridine rings is 1. The highest BCUT2D eigenvalue weighted by atomic mass is 19.1. The highest BCUT2D eigenvalue weighted by Gasteiger charge is 2.36. The molecule has 0 spiro atoms. The van der Waals surface area contributed by atoms with Crippen LogP contribution in [0.2, 0.25) is 0 Å². The predicted molar refractivity (Wildman–Crippen MR) is 182 cm³/mol. The van der Waals surface area contributed by atoms with E-state index < -0.39 is 17.2 Å². The average Bonchev–Trinajstić information content (AvgIpc) is 3.71. The number of carbonyl (C=O) groups excluding carboxylic acids is 2. The Hall–Kier alpha value is -4.64. The van der Waals surface area contributed by atoms with Crippen molar-refractivity contribution in [1.82, 2.24) is 20.1 Å². The molecule has 4 heterocycles. The van der Waals surface area contributed by atoms with Gasteiger partial charge in [-0.1, -0.05) is 45.0 Å². The highest BCUT2D eigenvalue weighted by molar-refractivity contribution is 6.06. The van der Waals surface area contributed by atoms with Gasteiger partial charge in [-0.3, -0.25) is 14.4 Å². The van der Waals surface area contributed by atoms with Crippen LogP contribution in [0, 0.1) is 11.2 Å². The quantitative estimate of drug-likeness (QED) is 0.216. The Morgan fingerprint density at radius 1 is 1.09 bits per heavy atom. The Morgan fingerprint density at radius 3 is 2.53 bits per heavy atom. The molecule has 1 atom stereocenters. The molecule has 3 aliphatic rings. The number of fused-ring (bicyclic) bond motifs is 3. The number of rotatable bonds is 7. The van der Waals surface area contributed by atoms with Crippen molar-refractivity contribution in [1.29, 1.82) is 0 Å². The molecule has 0 bridgehead atoms. The normalized spacial score (nSPS) is 17.6. The fraction of sp³-hybridized carbons (Fsp3) is 0.417. The van der Waals surface area contributed by atoms with Crippen LogP contribution in [0.5, 0.6) is 11.5 Å². The van der Waals surface area contributed by atoms with E-state index >= 15 is 4.39 Å². The van der Waals surface area contributed by atoms with E-state index in [1.807, 2.05) is 62.1 Å². The number of benzene rings is 3. The number of nitrogen functional groups attached to an aromatic ring is 1. The lowest BCUT2D eigenvalue weighted by molar-refractivity contribution is -0.123. The number of carbonyl (C=O) groups is 2. The van der Waals surface area contributed by atoms with Crippen LogP contribution < -0.4 is 31.4 Å². The molecule has 2 saturated heterocycles. The second-order valence-electron chi connectivity index (χ2n) is 14.2. The lowest BCUT2D eigenvalue weighted by Crippen LogP contribution is -2.38. The minimum atomic E-state index is -0.784. The van der Waals surface area contributed by atoms with Crippen LogP contribution in [0.15, 0.2) is 47.4 Å². The molecule has 0 saturated carbocycles. The first-order chi connectivity index (χ1) is 22.5. The average molecular weight is 641 g/mol. The van der Waals surface area contributed by atoms with E-state index in [1.54, 1.807) is 4.57 Å². The molecule has 1 unspecified atom stereocenters. The molecular formula is C36H41FN6O4. The van der Waals surface area contributed by atoms with E-state index in [0.29, 0.717) is 56.0 Å². The molecule has 2 fully saturated rings. The van der Waals surface area contributed by atoms with Gasteiger partial charge in [-0.15, -0.1) is 0 Å². The third-order valence-electron chi connectivity index (χ3n) is 9.37. The molecule has 11 heteroatoms. The maximum absolute atomic E-state index is 16.5. The van der Waals surface area contributed by atoms with Crippen molar-refractivity contribution < 1.29 is 18.7 Å². The van der Waals surface area contributed by atoms with E-state index in [1.165, 1.54) is 6.20 Å². The van der Waals surface area contributed by atoms with E-state index in [2.05, 4.69) is 15.5 Å². The topological polar surface area (TPSA) is 122 Å². The van der Waals surface area contributed by atoms with Crippen LogP contribution in [0.3, 0.4) is 0 Å². The van der Waals surface area contributed by atoms with Gasteiger partial charge in [-0.05, 0) is 60.7 Å². The Bertz CT molecular complexity index is 1980. The molecule has 3 aromatic carbocycles. The molecule has 1 aromatic heterocycles. The van der Waals surface area contributed by atoms with Crippen LogP contribution in [-0.2, 0) is 4.79 Å². The van der Waals surface area contributed by atoms with Crippen molar-refractivity contribution in [2.75, 3.05) is 49.9 Å². The number of ether oxygens (including phenoxy) is 1. The fourth-order valence-electron chi connectivity index (χ4n) is 7.13. The van der Waals surface area contributed by atoms with Crippen molar-refractivity contribution in [3.05, 3.63) is 64.2 Å². The number of aromatic nitrogens is 1. The fourth-order valence-corrected chi connectivity index (χ4v) is 7.13. The first-order valence-electron chi connectivity index (χ1n) is 16.4. The highest BCUT2D eigenvalue weighted by Crippen LogP contribution is 2.50. The summed E-state index contributed by atoms with van der Waals surface area (Å²) in [6.07, 6.45) is 4.78. The summed E-state index contributed by atoms with van der Waals surface area (Å²) in [5.74, 6) is -0.752. The van der Waals surface area contributed by atoms with Gasteiger partial charge in [0.2, 0.25) is 11.3 Å². The lowest BCUT2D eigenvalue weighted by atomic mass is 9.92. The van der Waals surface area contributed by atoms with Gasteiger partial charge in [-0.2, -0.15) is 0 Å². The number of amides is 2. The minimum absolute atomic E-state index is 0.0543. The number of anilines is 2. The molecule has 2 amide bonds. The summed E-state index contributed by atoms with van der Waals surface area (Å²) in [6.45, 7) is 9.88. The second kappa shape index (κ2) is 11.9. The van der Waals surface area contributed by atoms with Gasteiger partial charge in [-0.25, -0.2) is 4.39 Å². The zero-order valence-corrected chi connectivity index (χ0v) is 27.1. The van der Waals surface area contributed by atoms with Crippen LogP contribution >= 0.6 is 0 Å². The van der Waals surface area contributed by atoms with E-state index in [4.69, 9.17) is 10.5 Å². The van der Waals surface area contributed by atoms with Gasteiger partial charge in [0.15, 0.2) is 17.3 Å². The maximum atomic E-state index is 16.5. The Labute approximate surface area is 272 Å². The number of nitrogens with zero attached hydrogens (tertiary/aromatic N) is 3. The Kier molecular flexibility index (Phi) is 7.82. The van der Waals surface area contributed by atoms with E-state index in [0.717, 1.165) is 36.7 Å². The largest absolute Gasteiger partial charge is 0.451 e. The molecular weight excluding hydrogens is 599 g/mol. The number of nitrogens with two attached hydrogens (primary N) is 1. The SMILES string of the molecule is CC(C)(C)CC(=O)NC1CCN(c2c(F)c(N)c3c(=O)c(C(=O)NCCN4CCCC4)cn4c3c2Oc2cc3ccccc3cc2-4)C1. The van der Waals surface area contributed by atoms with Gasteiger partial charge >= 0.3 is 0 Å². The van der Waals surface area contributed by atoms with Crippen molar-refractivity contribution in [2.45, 2.75) is 52.5 Å². The Morgan fingerprint density at radius 2 is 1.81 bits per heavy atom. The van der Waals surface area contributed by atoms with E-state index in [9.17, 15) is 14.4 Å². The second-order valence-corrected chi connectivity index (χ2v) is 14.2. The summed E-state index contributed by atoms with van der Waals surface area (Å²) < 4.78 is 24.8. The van der Waals surface area contributed by atoms with Crippen molar-refractivity contribution in [3.8, 4) is 17.2 Å². The predicted octanol–water partition coefficient (Wildman–Crippen LogP) is 4.93. The third kappa shape index (κ3) is 5.77. The lowest BCUT2D eigenvalue weighted by Gasteiger charge is -2.30. The minimum Gasteiger partial charge on any atom is -0.451 e. The summed E-state index contributed by atoms with van der Waals surface area (Å²) in [7, 11) is 0. The molecule has 3 aliphatic heterocycles. The molecule has 4 aromatic rings. The van der Waals surface area contributed by atoms with Gasteiger partial charge in [0.05, 0.1) is 16.8 Å². The maximum Gasteiger partial charge on any atom is 0.256 e. The van der Waals surface area contributed by atoms with Crippen molar-refractivity contribution in [2.24, 2.45) is 5.41 Å². The van der Waals surface area contributed by atoms with Crippen molar-refractivity contribution >= 4 is 44.9 Å². The van der Waals surface area contributed by atoms with Crippen LogP contribution in [0.25, 0.3) is 27.4 Å². The number of hydrogen-bond acceptors (Lipinski definition) is 7. The molecule has 246 valence electrons. The van der Waals surface area contributed by atoms with Gasteiger partial charge in [0.1, 0.15) is 16.8 Å². The number of hydrogen-bond donors (Lipinski definition) is 3. The summed E-state index contributed by atoms with van der Waals surface area (Å²) in [4.78, 5) is 44.3. The number of likely N-dealkylation sites (tertiary alicyclic amines) is 1. The molecule has 10 nitrogen and oxygen atoms in total. The Balaban J connectivity index is 1.32. The molecule has 7 rings (SSSR count). The van der Waals surface area contributed by atoms with Gasteiger partial charge < -0.3 is 35.5 Å². The monoisotopic (exact) mass is 640 g/mol. The van der Waals surface area contributed by atoms with E-state index in [-0.39, 0.29) is 45.4 Å². The van der Waals surface area contributed by atoms with Crippen LogP contribution in [0.1, 0.15) is 56.8 Å². The third-order valence-corrected chi connectivity index (χ3v) is 9.37. The number of halogens is 1. The van der Waals surface area contributed by atoms with Crippen LogP contribution in [-0.4, -0.2) is 66.6 Å². The summed E-state index contributed by atoms with van der Waals surface area (Å²) >= 11 is 0.